The molecule has 0 heteroatoms. The van der Waals surface area contributed by atoms with Gasteiger partial charge in [0, 0.05) is 0 Å². The molecule has 3 rings (SSSR count). The Balaban J connectivity index is 2.47. The Morgan fingerprint density at radius 1 is 1.00 bits per heavy atom. The van der Waals surface area contributed by atoms with Crippen LogP contribution in [0.15, 0.2) is 49.1 Å². The average Bonchev–Trinajstić information content (AvgIpc) is 2.29. The molecule has 0 fully saturated rings. The van der Waals surface area contributed by atoms with Gasteiger partial charge in [-0.2, -0.15) is 0 Å². The zero-order valence-electron chi connectivity index (χ0n) is 8.53. The summed E-state index contributed by atoms with van der Waals surface area (Å²) in [7, 11) is 0. The fourth-order valence-electron chi connectivity index (χ4n) is 2.25. The molecule has 0 saturated heterocycles. The van der Waals surface area contributed by atoms with Crippen molar-refractivity contribution in [1.82, 2.24) is 0 Å². The SMILES string of the molecule is C=C1CC=Cc2ccc3ccccc3c21. The molecule has 0 N–H and O–H groups in total. The predicted molar refractivity (Wildman–Crippen MR) is 66.6 cm³/mol. The van der Waals surface area contributed by atoms with Crippen LogP contribution < -0.4 is 0 Å². The van der Waals surface area contributed by atoms with Gasteiger partial charge in [0.1, 0.15) is 0 Å². The van der Waals surface area contributed by atoms with Crippen LogP contribution in [0.1, 0.15) is 17.5 Å². The minimum Gasteiger partial charge on any atom is -0.0949 e. The molecule has 0 aliphatic heterocycles. The molecule has 0 atom stereocenters. The van der Waals surface area contributed by atoms with Crippen molar-refractivity contribution in [1.29, 1.82) is 0 Å². The van der Waals surface area contributed by atoms with Crippen LogP contribution >= 0.6 is 0 Å². The number of rotatable bonds is 0. The smallest absolute Gasteiger partial charge is 0.00762 e. The van der Waals surface area contributed by atoms with E-state index in [-0.39, 0.29) is 0 Å². The standard InChI is InChI=1S/C15H12/c1-11-5-4-7-13-10-9-12-6-2-3-8-14(12)15(11)13/h2-4,6-10H,1,5H2. The first-order valence-corrected chi connectivity index (χ1v) is 5.23. The second-order valence-electron chi connectivity index (χ2n) is 3.96. The molecule has 0 radical (unpaired) electrons. The monoisotopic (exact) mass is 192 g/mol. The van der Waals surface area contributed by atoms with E-state index >= 15 is 0 Å². The van der Waals surface area contributed by atoms with Gasteiger partial charge in [0.15, 0.2) is 0 Å². The summed E-state index contributed by atoms with van der Waals surface area (Å²) in [4.78, 5) is 0. The molecule has 0 amide bonds. The van der Waals surface area contributed by atoms with E-state index < -0.39 is 0 Å². The normalized spacial score (nSPS) is 14.3. The summed E-state index contributed by atoms with van der Waals surface area (Å²) in [6, 6.07) is 12.9. The summed E-state index contributed by atoms with van der Waals surface area (Å²) in [6.07, 6.45) is 5.34. The maximum atomic E-state index is 4.15. The Morgan fingerprint density at radius 3 is 2.80 bits per heavy atom. The predicted octanol–water partition coefficient (Wildman–Crippen LogP) is 4.27. The molecule has 0 saturated carbocycles. The number of hydrogen-bond donors (Lipinski definition) is 0. The van der Waals surface area contributed by atoms with E-state index in [9.17, 15) is 0 Å². The fraction of sp³-hybridized carbons (Fsp3) is 0.0667. The Morgan fingerprint density at radius 2 is 1.87 bits per heavy atom. The molecule has 2 aromatic carbocycles. The van der Waals surface area contributed by atoms with E-state index in [1.807, 2.05) is 0 Å². The summed E-state index contributed by atoms with van der Waals surface area (Å²) in [6.45, 7) is 4.15. The molecule has 1 aliphatic rings. The van der Waals surface area contributed by atoms with Gasteiger partial charge in [-0.15, -0.1) is 0 Å². The summed E-state index contributed by atoms with van der Waals surface area (Å²) in [5.41, 5.74) is 3.85. The van der Waals surface area contributed by atoms with Crippen molar-refractivity contribution in [2.45, 2.75) is 6.42 Å². The lowest BCUT2D eigenvalue weighted by atomic mass is 9.89. The minimum absolute atomic E-state index is 0.973. The third-order valence-electron chi connectivity index (χ3n) is 2.98. The zero-order valence-corrected chi connectivity index (χ0v) is 8.53. The number of fused-ring (bicyclic) bond motifs is 3. The van der Waals surface area contributed by atoms with Gasteiger partial charge in [-0.25, -0.2) is 0 Å². The highest BCUT2D eigenvalue weighted by atomic mass is 14.1. The van der Waals surface area contributed by atoms with Crippen molar-refractivity contribution in [2.75, 3.05) is 0 Å². The quantitative estimate of drug-likeness (QED) is 0.584. The highest BCUT2D eigenvalue weighted by Crippen LogP contribution is 2.33. The van der Waals surface area contributed by atoms with Crippen LogP contribution in [0.2, 0.25) is 0 Å². The van der Waals surface area contributed by atoms with E-state index in [1.165, 1.54) is 27.5 Å². The first-order valence-electron chi connectivity index (χ1n) is 5.23. The van der Waals surface area contributed by atoms with Crippen molar-refractivity contribution in [3.05, 3.63) is 60.2 Å². The maximum Gasteiger partial charge on any atom is -0.00762 e. The van der Waals surface area contributed by atoms with Crippen molar-refractivity contribution in [3.8, 4) is 0 Å². The van der Waals surface area contributed by atoms with E-state index in [1.54, 1.807) is 0 Å². The molecule has 15 heavy (non-hydrogen) atoms. The molecule has 0 bridgehead atoms. The Kier molecular flexibility index (Phi) is 1.75. The summed E-state index contributed by atoms with van der Waals surface area (Å²) in [5.74, 6) is 0. The second-order valence-corrected chi connectivity index (χ2v) is 3.96. The topological polar surface area (TPSA) is 0 Å². The van der Waals surface area contributed by atoms with E-state index in [0.29, 0.717) is 0 Å². The van der Waals surface area contributed by atoms with Crippen LogP contribution in [-0.4, -0.2) is 0 Å². The van der Waals surface area contributed by atoms with Crippen LogP contribution in [0, 0.1) is 0 Å². The minimum atomic E-state index is 0.973. The first kappa shape index (κ1) is 8.49. The van der Waals surface area contributed by atoms with Crippen LogP contribution in [0.25, 0.3) is 22.4 Å². The fourth-order valence-corrected chi connectivity index (χ4v) is 2.25. The second kappa shape index (κ2) is 3.09. The van der Waals surface area contributed by atoms with Crippen molar-refractivity contribution < 1.29 is 0 Å². The molecule has 0 heterocycles. The molecule has 0 spiro atoms. The van der Waals surface area contributed by atoms with Gasteiger partial charge in [0.05, 0.1) is 0 Å². The molecular formula is C15H12. The van der Waals surface area contributed by atoms with E-state index in [4.69, 9.17) is 0 Å². The van der Waals surface area contributed by atoms with Crippen molar-refractivity contribution in [3.63, 3.8) is 0 Å². The summed E-state index contributed by atoms with van der Waals surface area (Å²) in [5, 5.41) is 2.62. The highest BCUT2D eigenvalue weighted by molar-refractivity contribution is 5.98. The summed E-state index contributed by atoms with van der Waals surface area (Å²) < 4.78 is 0. The Bertz CT molecular complexity index is 574. The van der Waals surface area contributed by atoms with Crippen molar-refractivity contribution in [2.24, 2.45) is 0 Å². The lowest BCUT2D eigenvalue weighted by Gasteiger charge is -2.15. The van der Waals surface area contributed by atoms with Crippen LogP contribution in [-0.2, 0) is 0 Å². The van der Waals surface area contributed by atoms with Crippen LogP contribution in [0.4, 0.5) is 0 Å². The molecule has 0 unspecified atom stereocenters. The molecule has 1 aliphatic carbocycles. The van der Waals surface area contributed by atoms with E-state index in [0.717, 1.165) is 6.42 Å². The maximum absolute atomic E-state index is 4.15. The van der Waals surface area contributed by atoms with Gasteiger partial charge in [0.25, 0.3) is 0 Å². The van der Waals surface area contributed by atoms with Crippen LogP contribution in [0.3, 0.4) is 0 Å². The number of benzene rings is 2. The van der Waals surface area contributed by atoms with Gasteiger partial charge < -0.3 is 0 Å². The highest BCUT2D eigenvalue weighted by Gasteiger charge is 2.10. The molecule has 72 valence electrons. The number of allylic oxidation sites excluding steroid dienone is 2. The molecule has 0 nitrogen and oxygen atoms in total. The van der Waals surface area contributed by atoms with Gasteiger partial charge in [-0.1, -0.05) is 55.1 Å². The van der Waals surface area contributed by atoms with E-state index in [2.05, 4.69) is 55.1 Å². The molecular weight excluding hydrogens is 180 g/mol. The van der Waals surface area contributed by atoms with Gasteiger partial charge in [-0.05, 0) is 33.9 Å². The average molecular weight is 192 g/mol. The number of hydrogen-bond acceptors (Lipinski definition) is 0. The first-order chi connectivity index (χ1) is 7.36. The Hall–Kier alpha value is -1.82. The molecule has 2 aromatic rings. The third-order valence-corrected chi connectivity index (χ3v) is 2.98. The van der Waals surface area contributed by atoms with Gasteiger partial charge in [0.2, 0.25) is 0 Å². The summed E-state index contributed by atoms with van der Waals surface area (Å²) >= 11 is 0. The van der Waals surface area contributed by atoms with Gasteiger partial charge >= 0.3 is 0 Å². The lowest BCUT2D eigenvalue weighted by molar-refractivity contribution is 1.39. The molecule has 0 aromatic heterocycles. The lowest BCUT2D eigenvalue weighted by Crippen LogP contribution is -1.93. The third kappa shape index (κ3) is 1.22. The zero-order chi connectivity index (χ0) is 10.3. The van der Waals surface area contributed by atoms with Gasteiger partial charge in [-0.3, -0.25) is 0 Å². The Labute approximate surface area is 89.6 Å². The van der Waals surface area contributed by atoms with Crippen molar-refractivity contribution >= 4 is 22.4 Å². The largest absolute Gasteiger partial charge is 0.0949 e. The van der Waals surface area contributed by atoms with Crippen LogP contribution in [0.5, 0.6) is 0 Å².